The van der Waals surface area contributed by atoms with Gasteiger partial charge in [0.05, 0.1) is 48.1 Å². The summed E-state index contributed by atoms with van der Waals surface area (Å²) in [4.78, 5) is 143. The Hall–Kier alpha value is -8.37. The van der Waals surface area contributed by atoms with Crippen LogP contribution in [0.15, 0.2) is 64.0 Å². The second-order valence-corrected chi connectivity index (χ2v) is 28.0. The Morgan fingerprint density at radius 2 is 1.40 bits per heavy atom. The SMILES string of the molecule is CNC(=O)C[C@@H]1NC(=O)c2csc(n2)-c2ccc(-c3nc(N(CCCCCC(=O)O)C(=O)OC4CCC(C(=O)O)CC4)cs3)nc2-c2csc(n2)-c2csc(n2)[C@H]([C@@H](O)c2ccccc2)NC(=O)CNC(=O)c2nc(sc2COC)[C@H](C(C)C)NC(=O)c2nc1sc2C. The number of hydrogen-bond acceptors (Lipinski definition) is 24. The lowest BCUT2D eigenvalue weighted by Crippen LogP contribution is -2.40. The molecule has 4 atom stereocenters. The number of aliphatic hydroxyl groups is 1. The number of hydrogen-bond donors (Lipinski definition) is 8. The van der Waals surface area contributed by atoms with Crippen LogP contribution < -0.4 is 31.5 Å². The number of carboxylic acids is 2. The summed E-state index contributed by atoms with van der Waals surface area (Å²) >= 11 is 7.04. The number of pyridine rings is 1. The molecule has 8 N–H and O–H groups in total. The molecule has 0 radical (unpaired) electrons. The Kier molecular flexibility index (Phi) is 22.2. The maximum absolute atomic E-state index is 14.4. The number of carboxylic acid groups (broad SMARTS) is 2. The highest BCUT2D eigenvalue weighted by atomic mass is 32.1. The third-order valence-electron chi connectivity index (χ3n) is 15.3. The number of ether oxygens (including phenoxy) is 2. The Morgan fingerprint density at radius 3 is 2.13 bits per heavy atom. The standard InChI is InChI=1S/C61H65N13O13S6/c1-29(2)45-59-73-48(40(93-59)24-86-5)52(81)63-23-43(76)70-49(50(79)31-12-8-6-9-13-31)58-68-39(27-90-58)56-66-37(25-89-56)47-34(54-67-38(26-88-54)51(80)65-36(22-42(75)62-4)57-72-46(30(3)92-57)53(82)71-45)19-20-35(64-47)55-69-41(28-91-55)74(21-11-7-10-14-44(77)78)61(85)87-33-17-15-32(16-18-33)60(83)84/h6,8-9,12-13,19-20,25-29,32-33,36,45,49-50,79H,7,10-11,14-18,21-24H2,1-5H3,(H,62,75)(H,63,81)(H,65,80)(H,70,76)(H,71,82)(H,77,78)(H,83,84)/t32?,33?,36-,45-,49-,50-/m0/s1. The molecule has 0 saturated heterocycles. The summed E-state index contributed by atoms with van der Waals surface area (Å²) in [6, 6.07) is 9.31. The third kappa shape index (κ3) is 16.3. The third-order valence-corrected chi connectivity index (χ3v) is 21.0. The normalized spacial score (nSPS) is 18.3. The number of aliphatic hydroxyl groups excluding tert-OH is 1. The number of aliphatic carboxylic acids is 2. The number of carbonyl (C=O) groups is 8. The molecule has 1 saturated carbocycles. The van der Waals surface area contributed by atoms with Gasteiger partial charge in [-0.15, -0.1) is 68.0 Å². The molecular formula is C61H65N13O13S6. The lowest BCUT2D eigenvalue weighted by atomic mass is 9.87. The molecule has 1 aromatic carbocycles. The van der Waals surface area contributed by atoms with Gasteiger partial charge in [-0.1, -0.05) is 50.6 Å². The summed E-state index contributed by atoms with van der Waals surface area (Å²) in [6.07, 6.45) is 0.0259. The second kappa shape index (κ2) is 30.6. The van der Waals surface area contributed by atoms with Crippen molar-refractivity contribution < 1.29 is 63.1 Å². The maximum atomic E-state index is 14.4. The minimum absolute atomic E-state index is 0.00556. The fourth-order valence-corrected chi connectivity index (χ4v) is 15.9. The van der Waals surface area contributed by atoms with Gasteiger partial charge < -0.3 is 51.4 Å². The zero-order chi connectivity index (χ0) is 66.0. The number of methoxy groups -OCH3 is 1. The fraction of sp³-hybridized carbons (Fsp3) is 0.393. The van der Waals surface area contributed by atoms with Crippen LogP contribution in [0.5, 0.6) is 0 Å². The molecule has 32 heteroatoms. The van der Waals surface area contributed by atoms with Gasteiger partial charge >= 0.3 is 18.0 Å². The maximum Gasteiger partial charge on any atom is 0.415 e. The van der Waals surface area contributed by atoms with Gasteiger partial charge in [-0.3, -0.25) is 38.5 Å². The zero-order valence-corrected chi connectivity index (χ0v) is 55.7. The molecule has 93 heavy (non-hydrogen) atoms. The van der Waals surface area contributed by atoms with Gasteiger partial charge in [-0.2, -0.15) is 0 Å². The van der Waals surface area contributed by atoms with E-state index in [1.807, 2.05) is 13.8 Å². The molecule has 0 spiro atoms. The molecule has 10 rings (SSSR count). The van der Waals surface area contributed by atoms with Crippen molar-refractivity contribution in [2.24, 2.45) is 11.8 Å². The van der Waals surface area contributed by atoms with Crippen LogP contribution in [0.1, 0.15) is 158 Å². The van der Waals surface area contributed by atoms with Crippen LogP contribution >= 0.6 is 68.0 Å². The average molecular weight is 1380 g/mol. The van der Waals surface area contributed by atoms with E-state index in [2.05, 4.69) is 26.6 Å². The van der Waals surface area contributed by atoms with Crippen molar-refractivity contribution in [3.63, 3.8) is 0 Å². The number of aryl methyl sites for hydroxylation is 1. The topological polar surface area (TPSA) is 369 Å². The van der Waals surface area contributed by atoms with E-state index < -0.39 is 90.4 Å². The second-order valence-electron chi connectivity index (χ2n) is 22.2. The van der Waals surface area contributed by atoms with Crippen LogP contribution in [0, 0.1) is 18.8 Å². The van der Waals surface area contributed by atoms with E-state index in [0.29, 0.717) is 114 Å². The molecule has 8 heterocycles. The average Bonchev–Trinajstić information content (AvgIpc) is 1.75. The number of unbranched alkanes of at least 4 members (excludes halogenated alkanes) is 2. The number of nitrogens with one attached hydrogen (secondary N) is 5. The van der Waals surface area contributed by atoms with Gasteiger partial charge in [0.15, 0.2) is 0 Å². The highest BCUT2D eigenvalue weighted by Crippen LogP contribution is 2.41. The lowest BCUT2D eigenvalue weighted by molar-refractivity contribution is -0.143. The van der Waals surface area contributed by atoms with Crippen molar-refractivity contribution in [2.45, 2.75) is 115 Å². The summed E-state index contributed by atoms with van der Waals surface area (Å²) < 4.78 is 11.4. The number of rotatable bonds is 17. The number of nitrogens with zero attached hydrogens (tertiary/aromatic N) is 8. The minimum atomic E-state index is -1.31. The van der Waals surface area contributed by atoms with Crippen molar-refractivity contribution in [1.82, 2.24) is 61.5 Å². The molecule has 26 nitrogen and oxygen atoms in total. The first kappa shape index (κ1) is 67.5. The molecule has 2 aliphatic rings. The van der Waals surface area contributed by atoms with Crippen LogP contribution in [0.2, 0.25) is 0 Å². The predicted octanol–water partition coefficient (Wildman–Crippen LogP) is 9.54. The molecule has 7 aromatic heterocycles. The van der Waals surface area contributed by atoms with E-state index in [1.165, 1.54) is 53.1 Å². The minimum Gasteiger partial charge on any atom is -0.481 e. The van der Waals surface area contributed by atoms with Crippen molar-refractivity contribution in [1.29, 1.82) is 0 Å². The first-order valence-corrected chi connectivity index (χ1v) is 34.8. The van der Waals surface area contributed by atoms with Gasteiger partial charge in [-0.05, 0) is 69.1 Å². The summed E-state index contributed by atoms with van der Waals surface area (Å²) in [5.41, 5.74) is 2.41. The van der Waals surface area contributed by atoms with Crippen molar-refractivity contribution >= 4 is 121 Å². The monoisotopic (exact) mass is 1380 g/mol. The number of anilines is 1. The molecular weight excluding hydrogens is 1320 g/mol. The van der Waals surface area contributed by atoms with E-state index in [9.17, 15) is 53.7 Å². The summed E-state index contributed by atoms with van der Waals surface area (Å²) in [7, 11) is 2.92. The molecule has 488 valence electrons. The largest absolute Gasteiger partial charge is 0.481 e. The van der Waals surface area contributed by atoms with E-state index in [4.69, 9.17) is 44.4 Å². The summed E-state index contributed by atoms with van der Waals surface area (Å²) in [6.45, 7) is 5.05. The highest BCUT2D eigenvalue weighted by molar-refractivity contribution is 7.15. The number of carbonyl (C=O) groups excluding carboxylic acids is 6. The lowest BCUT2D eigenvalue weighted by Gasteiger charge is -2.28. The van der Waals surface area contributed by atoms with Crippen LogP contribution in [0.25, 0.3) is 43.4 Å². The number of benzene rings is 1. The van der Waals surface area contributed by atoms with Gasteiger partial charge in [0, 0.05) is 59.1 Å². The Bertz CT molecular complexity index is 4040. The van der Waals surface area contributed by atoms with Gasteiger partial charge in [0.25, 0.3) is 17.7 Å². The van der Waals surface area contributed by atoms with E-state index >= 15 is 0 Å². The fourth-order valence-electron chi connectivity index (χ4n) is 10.4. The predicted molar refractivity (Wildman–Crippen MR) is 350 cm³/mol. The molecule has 1 aliphatic carbocycles. The number of amides is 6. The number of fused-ring (bicyclic) bond motifs is 14. The molecule has 10 bridgehead atoms. The number of aromatic nitrogens is 7. The van der Waals surface area contributed by atoms with Crippen LogP contribution in [-0.2, 0) is 35.3 Å². The first-order valence-electron chi connectivity index (χ1n) is 29.6. The molecule has 8 aromatic rings. The van der Waals surface area contributed by atoms with Crippen LogP contribution in [0.3, 0.4) is 0 Å². The van der Waals surface area contributed by atoms with Gasteiger partial charge in [0.1, 0.15) is 88.3 Å². The molecule has 1 fully saturated rings. The van der Waals surface area contributed by atoms with E-state index in [0.717, 1.165) is 34.0 Å². The number of thiazole rings is 6. The Labute approximate surface area is 556 Å². The van der Waals surface area contributed by atoms with Crippen molar-refractivity contribution in [2.75, 3.05) is 32.1 Å². The Morgan fingerprint density at radius 1 is 0.688 bits per heavy atom. The molecule has 6 amide bonds. The highest BCUT2D eigenvalue weighted by Gasteiger charge is 2.35. The smallest absolute Gasteiger partial charge is 0.415 e. The summed E-state index contributed by atoms with van der Waals surface area (Å²) in [5, 5.41) is 53.8. The zero-order valence-electron chi connectivity index (χ0n) is 50.8. The molecule has 0 unspecified atom stereocenters. The first-order chi connectivity index (χ1) is 44.7. The van der Waals surface area contributed by atoms with E-state index in [1.54, 1.807) is 70.9 Å². The van der Waals surface area contributed by atoms with Crippen LogP contribution in [0.4, 0.5) is 10.6 Å². The molecule has 1 aliphatic heterocycles. The van der Waals surface area contributed by atoms with Gasteiger partial charge in [-0.25, -0.2) is 39.7 Å². The summed E-state index contributed by atoms with van der Waals surface area (Å²) in [5.74, 6) is -5.33. The van der Waals surface area contributed by atoms with E-state index in [-0.39, 0.29) is 59.8 Å². The van der Waals surface area contributed by atoms with Crippen LogP contribution in [-0.4, -0.2) is 131 Å². The quantitative estimate of drug-likeness (QED) is 0.0393. The Balaban J connectivity index is 1.03. The van der Waals surface area contributed by atoms with Crippen molar-refractivity contribution in [3.8, 4) is 43.4 Å². The van der Waals surface area contributed by atoms with Crippen molar-refractivity contribution in [3.05, 3.63) is 111 Å². The van der Waals surface area contributed by atoms with Gasteiger partial charge in [0.2, 0.25) is 11.8 Å².